The molecule has 13 heteroatoms. The Morgan fingerprint density at radius 3 is 2.35 bits per heavy atom. The van der Waals surface area contributed by atoms with Gasteiger partial charge in [-0.15, -0.1) is 0 Å². The number of hydrogen-bond acceptors (Lipinski definition) is 8. The normalized spacial score (nSPS) is 15.2. The summed E-state index contributed by atoms with van der Waals surface area (Å²) in [6.45, 7) is 4.56. The molecule has 1 fully saturated rings. The first-order valence-electron chi connectivity index (χ1n) is 11.4. The lowest BCUT2D eigenvalue weighted by molar-refractivity contribution is -0.206. The number of esters is 1. The molecule has 0 radical (unpaired) electrons. The number of piperazine rings is 1. The summed E-state index contributed by atoms with van der Waals surface area (Å²) in [7, 11) is 0. The molecule has 2 aromatic carbocycles. The smallest absolute Gasteiger partial charge is 0.439 e. The van der Waals surface area contributed by atoms with Crippen LogP contribution >= 0.6 is 0 Å². The van der Waals surface area contributed by atoms with Gasteiger partial charge >= 0.3 is 17.7 Å². The number of ether oxygens (including phenoxy) is 1. The molecule has 1 saturated heterocycles. The van der Waals surface area contributed by atoms with Crippen LogP contribution in [0.5, 0.6) is 0 Å². The van der Waals surface area contributed by atoms with Gasteiger partial charge < -0.3 is 15.4 Å². The zero-order valence-corrected chi connectivity index (χ0v) is 19.5. The molecular weight excluding hydrogens is 495 g/mol. The Balaban J connectivity index is 1.45. The predicted octanol–water partition coefficient (Wildman–Crippen LogP) is 1.90. The molecule has 1 aromatic heterocycles. The monoisotopic (exact) mass is 519 g/mol. The lowest BCUT2D eigenvalue weighted by Gasteiger charge is -2.27. The van der Waals surface area contributed by atoms with Crippen molar-refractivity contribution in [3.63, 3.8) is 0 Å². The van der Waals surface area contributed by atoms with Gasteiger partial charge in [0.05, 0.1) is 0 Å². The second-order valence-electron chi connectivity index (χ2n) is 8.43. The topological polar surface area (TPSA) is 130 Å². The molecule has 0 bridgehead atoms. The number of aromatic nitrogens is 2. The van der Waals surface area contributed by atoms with Crippen molar-refractivity contribution in [2.75, 3.05) is 26.2 Å². The zero-order valence-electron chi connectivity index (χ0n) is 19.5. The van der Waals surface area contributed by atoms with Gasteiger partial charge in [0.15, 0.2) is 0 Å². The van der Waals surface area contributed by atoms with Crippen LogP contribution in [-0.2, 0) is 27.4 Å². The van der Waals surface area contributed by atoms with Crippen molar-refractivity contribution in [3.8, 4) is 11.1 Å². The van der Waals surface area contributed by atoms with Gasteiger partial charge in [-0.3, -0.25) is 19.1 Å². The maximum Gasteiger partial charge on any atom is 0.490 e. The van der Waals surface area contributed by atoms with Crippen molar-refractivity contribution in [2.45, 2.75) is 25.4 Å². The molecule has 2 heterocycles. The van der Waals surface area contributed by atoms with Gasteiger partial charge in [-0.1, -0.05) is 36.4 Å². The van der Waals surface area contributed by atoms with Gasteiger partial charge in [-0.05, 0) is 39.5 Å². The lowest BCUT2D eigenvalue weighted by atomic mass is 10.0. The van der Waals surface area contributed by atoms with E-state index in [1.165, 1.54) is 0 Å². The number of halogens is 3. The van der Waals surface area contributed by atoms with Crippen LogP contribution in [-0.4, -0.2) is 59.4 Å². The van der Waals surface area contributed by atoms with Crippen LogP contribution in [0.15, 0.2) is 58.0 Å². The van der Waals surface area contributed by atoms with Crippen LogP contribution in [0, 0.1) is 0 Å². The van der Waals surface area contributed by atoms with E-state index in [2.05, 4.69) is 42.2 Å². The quantitative estimate of drug-likeness (QED) is 0.385. The van der Waals surface area contributed by atoms with Crippen LogP contribution in [0.1, 0.15) is 22.9 Å². The predicted molar refractivity (Wildman–Crippen MR) is 124 cm³/mol. The van der Waals surface area contributed by atoms with Crippen molar-refractivity contribution in [1.29, 1.82) is 0 Å². The summed E-state index contributed by atoms with van der Waals surface area (Å²) in [5.74, 6) is -3.81. The highest BCUT2D eigenvalue weighted by Crippen LogP contribution is 2.24. The molecule has 1 unspecified atom stereocenters. The first-order chi connectivity index (χ1) is 17.7. The molecule has 37 heavy (non-hydrogen) atoms. The number of aromatic amines is 1. The minimum atomic E-state index is -5.37. The fourth-order valence-electron chi connectivity index (χ4n) is 3.90. The van der Waals surface area contributed by atoms with Crippen LogP contribution < -0.4 is 16.2 Å². The second kappa shape index (κ2) is 11.4. The second-order valence-corrected chi connectivity index (χ2v) is 8.43. The molecule has 4 rings (SSSR count). The van der Waals surface area contributed by atoms with E-state index in [1.54, 1.807) is 17.3 Å². The summed E-state index contributed by atoms with van der Waals surface area (Å²) in [6, 6.07) is 15.3. The fraction of sp³-hybridized carbons (Fsp3) is 0.333. The Kier molecular flexibility index (Phi) is 8.04. The van der Waals surface area contributed by atoms with Crippen molar-refractivity contribution < 1.29 is 32.1 Å². The van der Waals surface area contributed by atoms with E-state index in [0.29, 0.717) is 5.56 Å². The van der Waals surface area contributed by atoms with Crippen molar-refractivity contribution in [2.24, 2.45) is 0 Å². The number of rotatable bonds is 8. The van der Waals surface area contributed by atoms with Gasteiger partial charge in [0.2, 0.25) is 11.8 Å². The Bertz CT molecular complexity index is 1300. The van der Waals surface area contributed by atoms with Crippen molar-refractivity contribution in [1.82, 2.24) is 25.8 Å². The van der Waals surface area contributed by atoms with Gasteiger partial charge in [0, 0.05) is 39.3 Å². The number of carbonyl (C=O) groups is 2. The third-order valence-corrected chi connectivity index (χ3v) is 5.73. The highest BCUT2D eigenvalue weighted by molar-refractivity contribution is 5.85. The van der Waals surface area contributed by atoms with Crippen LogP contribution in [0.3, 0.4) is 0 Å². The summed E-state index contributed by atoms with van der Waals surface area (Å²) in [5.41, 5.74) is 1.72. The summed E-state index contributed by atoms with van der Waals surface area (Å²) in [5, 5.41) is 10.6. The van der Waals surface area contributed by atoms with E-state index in [9.17, 15) is 27.6 Å². The number of benzene rings is 2. The van der Waals surface area contributed by atoms with E-state index in [1.807, 2.05) is 24.3 Å². The number of carbonyl (C=O) groups excluding carboxylic acids is 2. The average Bonchev–Trinajstić information content (AvgIpc) is 3.31. The molecule has 0 saturated carbocycles. The van der Waals surface area contributed by atoms with Crippen molar-refractivity contribution >= 4 is 11.9 Å². The molecule has 0 aliphatic carbocycles. The summed E-state index contributed by atoms with van der Waals surface area (Å²) in [6.07, 6.45) is -7.62. The largest absolute Gasteiger partial charge is 0.490 e. The summed E-state index contributed by atoms with van der Waals surface area (Å²) >= 11 is 0. The molecule has 3 N–H and O–H groups in total. The average molecular weight is 519 g/mol. The third-order valence-electron chi connectivity index (χ3n) is 5.73. The number of amides is 1. The van der Waals surface area contributed by atoms with Gasteiger partial charge in [0.25, 0.3) is 5.91 Å². The maximum atomic E-state index is 12.7. The van der Waals surface area contributed by atoms with Crippen LogP contribution in [0.2, 0.25) is 0 Å². The Hall–Kier alpha value is -3.97. The number of H-pyrrole nitrogens is 1. The van der Waals surface area contributed by atoms with E-state index in [0.717, 1.165) is 49.4 Å². The van der Waals surface area contributed by atoms with E-state index < -0.39 is 35.4 Å². The van der Waals surface area contributed by atoms with Crippen LogP contribution in [0.4, 0.5) is 13.2 Å². The number of alkyl halides is 3. The van der Waals surface area contributed by atoms with Gasteiger partial charge in [-0.25, -0.2) is 4.79 Å². The first kappa shape index (κ1) is 26.1. The molecule has 1 amide bonds. The Labute approximate surface area is 208 Å². The highest BCUT2D eigenvalue weighted by atomic mass is 19.4. The van der Waals surface area contributed by atoms with E-state index >= 15 is 0 Å². The fourth-order valence-corrected chi connectivity index (χ4v) is 3.90. The zero-order chi connectivity index (χ0) is 26.4. The third kappa shape index (κ3) is 6.83. The standard InChI is InChI=1S/C24H24F3N5O5/c25-24(26,27)23(35)36-20(19-21(33)31-37-30-19)22(34)29-13-15-3-1-5-17(11-15)18-6-2-4-16(12-18)14-32-9-7-28-8-10-32/h1-6,11-12,20,28H,7-10,13-14H2,(H,29,34)(H,31,33). The summed E-state index contributed by atoms with van der Waals surface area (Å²) in [4.78, 5) is 38.0. The molecule has 1 aliphatic heterocycles. The van der Waals surface area contributed by atoms with Crippen LogP contribution in [0.25, 0.3) is 11.1 Å². The minimum Gasteiger partial charge on any atom is -0.439 e. The first-order valence-corrected chi connectivity index (χ1v) is 11.4. The molecule has 196 valence electrons. The lowest BCUT2D eigenvalue weighted by Crippen LogP contribution is -2.42. The Morgan fingerprint density at radius 2 is 1.73 bits per heavy atom. The minimum absolute atomic E-state index is 0.108. The number of nitrogens with zero attached hydrogens (tertiary/aromatic N) is 2. The molecule has 10 nitrogen and oxygen atoms in total. The van der Waals surface area contributed by atoms with Crippen molar-refractivity contribution in [3.05, 3.63) is 75.7 Å². The molecular formula is C24H24F3N5O5. The Morgan fingerprint density at radius 1 is 1.08 bits per heavy atom. The number of nitrogens with one attached hydrogen (secondary N) is 3. The van der Waals surface area contributed by atoms with E-state index in [4.69, 9.17) is 0 Å². The van der Waals surface area contributed by atoms with Gasteiger partial charge in [-0.2, -0.15) is 18.3 Å². The molecule has 1 atom stereocenters. The molecule has 1 aliphatic rings. The number of hydrogen-bond donors (Lipinski definition) is 3. The summed E-state index contributed by atoms with van der Waals surface area (Å²) < 4.78 is 46.6. The molecule has 3 aromatic rings. The maximum absolute atomic E-state index is 12.7. The van der Waals surface area contributed by atoms with E-state index in [-0.39, 0.29) is 6.54 Å². The molecule has 0 spiro atoms. The SMILES string of the molecule is O=C(NCc1cccc(-c2cccc(CN3CCNCC3)c2)c1)C(OC(=O)C(F)(F)F)c1no[nH]c1=O. The van der Waals surface area contributed by atoms with Gasteiger partial charge in [0.1, 0.15) is 0 Å². The highest BCUT2D eigenvalue weighted by Gasteiger charge is 2.45.